The van der Waals surface area contributed by atoms with Gasteiger partial charge in [-0.3, -0.25) is 0 Å². The molecule has 2 rings (SSSR count). The number of anilines is 2. The smallest absolute Gasteiger partial charge is 0.405 e. The second kappa shape index (κ2) is 4.60. The normalized spacial score (nSPS) is 15.3. The molecule has 1 heterocycles. The van der Waals surface area contributed by atoms with Crippen molar-refractivity contribution in [2.75, 3.05) is 17.2 Å². The lowest BCUT2D eigenvalue weighted by Gasteiger charge is -2.26. The largest absolute Gasteiger partial charge is 0.477 e. The molecule has 3 N–H and O–H groups in total. The van der Waals surface area contributed by atoms with E-state index >= 15 is 0 Å². The number of rotatable bonds is 4. The van der Waals surface area contributed by atoms with Gasteiger partial charge in [0, 0.05) is 6.04 Å². The molecule has 19 heavy (non-hydrogen) atoms. The van der Waals surface area contributed by atoms with E-state index in [1.54, 1.807) is 0 Å². The highest BCUT2D eigenvalue weighted by Gasteiger charge is 2.39. The van der Waals surface area contributed by atoms with Crippen LogP contribution in [0.3, 0.4) is 0 Å². The van der Waals surface area contributed by atoms with Crippen LogP contribution in [-0.2, 0) is 0 Å². The lowest BCUT2D eigenvalue weighted by molar-refractivity contribution is -0.120. The molecular weight excluding hydrogens is 263 g/mol. The van der Waals surface area contributed by atoms with Crippen LogP contribution in [0.2, 0.25) is 0 Å². The molecule has 0 saturated heterocycles. The molecule has 1 aliphatic rings. The molecule has 8 heteroatoms. The van der Waals surface area contributed by atoms with Crippen LogP contribution in [0.15, 0.2) is 12.1 Å². The third kappa shape index (κ3) is 3.27. The molecule has 0 spiro atoms. The number of hydrogen-bond acceptors (Lipinski definition) is 4. The molecule has 104 valence electrons. The number of halogens is 3. The van der Waals surface area contributed by atoms with Gasteiger partial charge in [0.05, 0.1) is 5.69 Å². The number of carboxylic acids is 1. The highest BCUT2D eigenvalue weighted by molar-refractivity contribution is 5.87. The minimum atomic E-state index is -4.39. The average Bonchev–Trinajstić information content (AvgIpc) is 3.09. The minimum Gasteiger partial charge on any atom is -0.477 e. The third-order valence-electron chi connectivity index (χ3n) is 2.73. The van der Waals surface area contributed by atoms with Gasteiger partial charge in [-0.2, -0.15) is 13.2 Å². The molecule has 1 saturated carbocycles. The number of aromatic carboxylic acids is 1. The van der Waals surface area contributed by atoms with Crippen molar-refractivity contribution in [1.29, 1.82) is 0 Å². The summed E-state index contributed by atoms with van der Waals surface area (Å²) in [6, 6.07) is 2.15. The summed E-state index contributed by atoms with van der Waals surface area (Å²) < 4.78 is 37.6. The van der Waals surface area contributed by atoms with Crippen molar-refractivity contribution in [1.82, 2.24) is 4.98 Å². The fourth-order valence-electron chi connectivity index (χ4n) is 1.76. The van der Waals surface area contributed by atoms with Crippen molar-refractivity contribution in [3.63, 3.8) is 0 Å². The van der Waals surface area contributed by atoms with E-state index in [2.05, 4.69) is 4.98 Å². The molecule has 5 nitrogen and oxygen atoms in total. The zero-order valence-corrected chi connectivity index (χ0v) is 9.81. The summed E-state index contributed by atoms with van der Waals surface area (Å²) in [5.41, 5.74) is 5.33. The summed E-state index contributed by atoms with van der Waals surface area (Å²) in [5, 5.41) is 8.82. The Balaban J connectivity index is 2.35. The topological polar surface area (TPSA) is 79.5 Å². The molecule has 0 unspecified atom stereocenters. The van der Waals surface area contributed by atoms with Gasteiger partial charge in [0.2, 0.25) is 0 Å². The molecule has 0 atom stereocenters. The molecule has 0 aliphatic heterocycles. The number of pyridine rings is 1. The summed E-state index contributed by atoms with van der Waals surface area (Å²) >= 11 is 0. The van der Waals surface area contributed by atoms with Crippen molar-refractivity contribution in [3.05, 3.63) is 17.8 Å². The number of hydrogen-bond donors (Lipinski definition) is 2. The highest BCUT2D eigenvalue weighted by Crippen LogP contribution is 2.36. The molecule has 0 aromatic carbocycles. The van der Waals surface area contributed by atoms with Gasteiger partial charge < -0.3 is 15.7 Å². The first-order valence-corrected chi connectivity index (χ1v) is 5.61. The van der Waals surface area contributed by atoms with Crippen molar-refractivity contribution in [2.24, 2.45) is 0 Å². The van der Waals surface area contributed by atoms with Gasteiger partial charge >= 0.3 is 12.1 Å². The van der Waals surface area contributed by atoms with E-state index in [0.29, 0.717) is 12.8 Å². The quantitative estimate of drug-likeness (QED) is 0.877. The third-order valence-corrected chi connectivity index (χ3v) is 2.73. The number of nitrogen functional groups attached to an aromatic ring is 1. The van der Waals surface area contributed by atoms with Crippen molar-refractivity contribution in [3.8, 4) is 0 Å². The second-order valence-corrected chi connectivity index (χ2v) is 4.39. The van der Waals surface area contributed by atoms with E-state index in [1.165, 1.54) is 12.1 Å². The Morgan fingerprint density at radius 2 is 2.11 bits per heavy atom. The molecule has 1 aromatic rings. The van der Waals surface area contributed by atoms with Crippen LogP contribution in [0, 0.1) is 0 Å². The predicted molar refractivity (Wildman–Crippen MR) is 62.0 cm³/mol. The maximum absolute atomic E-state index is 12.5. The maximum Gasteiger partial charge on any atom is 0.405 e. The molecule has 1 aromatic heterocycles. The Labute approximate surface area is 106 Å². The summed E-state index contributed by atoms with van der Waals surface area (Å²) in [4.78, 5) is 15.6. The van der Waals surface area contributed by atoms with Gasteiger partial charge in [0.15, 0.2) is 11.5 Å². The van der Waals surface area contributed by atoms with Crippen LogP contribution in [0.25, 0.3) is 0 Å². The van der Waals surface area contributed by atoms with E-state index in [0.717, 1.165) is 4.90 Å². The standard InChI is InChI=1S/C11H12F3N3O2/c12-11(13,14)5-17(6-1-2-6)9-7(15)3-4-8(16-9)10(18)19/h3-4,6H,1-2,5,15H2,(H,18,19). The van der Waals surface area contributed by atoms with Crippen LogP contribution in [0.4, 0.5) is 24.7 Å². The van der Waals surface area contributed by atoms with E-state index in [9.17, 15) is 18.0 Å². The van der Waals surface area contributed by atoms with Crippen molar-refractivity contribution in [2.45, 2.75) is 25.1 Å². The molecule has 1 aliphatic carbocycles. The monoisotopic (exact) mass is 275 g/mol. The number of alkyl halides is 3. The molecule has 0 radical (unpaired) electrons. The summed E-state index contributed by atoms with van der Waals surface area (Å²) in [6.45, 7) is -1.18. The Morgan fingerprint density at radius 3 is 2.58 bits per heavy atom. The van der Waals surface area contributed by atoms with Gasteiger partial charge in [0.1, 0.15) is 6.54 Å². The summed E-state index contributed by atoms with van der Waals surface area (Å²) in [6.07, 6.45) is -3.15. The van der Waals surface area contributed by atoms with Gasteiger partial charge in [-0.05, 0) is 25.0 Å². The zero-order chi connectivity index (χ0) is 14.2. The number of nitrogens with two attached hydrogens (primary N) is 1. The Kier molecular flexibility index (Phi) is 3.25. The van der Waals surface area contributed by atoms with Gasteiger partial charge in [-0.25, -0.2) is 9.78 Å². The van der Waals surface area contributed by atoms with Crippen molar-refractivity contribution >= 4 is 17.5 Å². The predicted octanol–water partition coefficient (Wildman–Crippen LogP) is 1.89. The second-order valence-electron chi connectivity index (χ2n) is 4.39. The number of nitrogens with zero attached hydrogens (tertiary/aromatic N) is 2. The molecular formula is C11H12F3N3O2. The first-order valence-electron chi connectivity index (χ1n) is 5.61. The Bertz CT molecular complexity index is 500. The van der Waals surface area contributed by atoms with Crippen LogP contribution < -0.4 is 10.6 Å². The molecule has 0 amide bonds. The number of carboxylic acid groups (broad SMARTS) is 1. The lowest BCUT2D eigenvalue weighted by atomic mass is 10.3. The van der Waals surface area contributed by atoms with Crippen LogP contribution >= 0.6 is 0 Å². The number of aromatic nitrogens is 1. The summed E-state index contributed by atoms with van der Waals surface area (Å²) in [5.74, 6) is -1.41. The fraction of sp³-hybridized carbons (Fsp3) is 0.455. The lowest BCUT2D eigenvalue weighted by Crippen LogP contribution is -2.37. The first kappa shape index (κ1) is 13.4. The van der Waals surface area contributed by atoms with Crippen LogP contribution in [0.5, 0.6) is 0 Å². The minimum absolute atomic E-state index is 0.0427. The van der Waals surface area contributed by atoms with Gasteiger partial charge in [-0.15, -0.1) is 0 Å². The van der Waals surface area contributed by atoms with Gasteiger partial charge in [-0.1, -0.05) is 0 Å². The summed E-state index contributed by atoms with van der Waals surface area (Å²) in [7, 11) is 0. The fourth-order valence-corrected chi connectivity index (χ4v) is 1.76. The number of carbonyl (C=O) groups is 1. The van der Waals surface area contributed by atoms with E-state index in [1.807, 2.05) is 0 Å². The Hall–Kier alpha value is -1.99. The SMILES string of the molecule is Nc1ccc(C(=O)O)nc1N(CC(F)(F)F)C1CC1. The van der Waals surface area contributed by atoms with Crippen LogP contribution in [-0.4, -0.2) is 34.8 Å². The van der Waals surface area contributed by atoms with E-state index in [4.69, 9.17) is 10.8 Å². The van der Waals surface area contributed by atoms with Crippen molar-refractivity contribution < 1.29 is 23.1 Å². The van der Waals surface area contributed by atoms with Crippen LogP contribution in [0.1, 0.15) is 23.3 Å². The zero-order valence-electron chi connectivity index (χ0n) is 9.81. The van der Waals surface area contributed by atoms with Gasteiger partial charge in [0.25, 0.3) is 0 Å². The van der Waals surface area contributed by atoms with E-state index < -0.39 is 18.7 Å². The van der Waals surface area contributed by atoms with E-state index in [-0.39, 0.29) is 23.2 Å². The maximum atomic E-state index is 12.5. The molecule has 0 bridgehead atoms. The Morgan fingerprint density at radius 1 is 1.47 bits per heavy atom. The molecule has 1 fully saturated rings. The average molecular weight is 275 g/mol. The highest BCUT2D eigenvalue weighted by atomic mass is 19.4. The first-order chi connectivity index (χ1) is 8.78.